The molecule has 0 aliphatic carbocycles. The average molecular weight is 226 g/mol. The number of nitrogens with zero attached hydrogens (tertiary/aromatic N) is 2. The van der Waals surface area contributed by atoms with Gasteiger partial charge in [-0.3, -0.25) is 14.2 Å². The van der Waals surface area contributed by atoms with Crippen LogP contribution < -0.4 is 0 Å². The number of benzene rings is 1. The summed E-state index contributed by atoms with van der Waals surface area (Å²) in [5.74, 6) is -0.280. The molecule has 17 heavy (non-hydrogen) atoms. The molecule has 0 amide bonds. The smallest absolute Gasteiger partial charge is 0.227 e. The lowest BCUT2D eigenvalue weighted by Gasteiger charge is -1.98. The zero-order chi connectivity index (χ0) is 12.6. The van der Waals surface area contributed by atoms with Gasteiger partial charge in [-0.05, 0) is 19.1 Å². The minimum Gasteiger partial charge on any atom is -0.294 e. The molecule has 4 nitrogen and oxygen atoms in total. The second kappa shape index (κ2) is 3.87. The number of aromatic nitrogens is 1. The van der Waals surface area contributed by atoms with Gasteiger partial charge in [-0.2, -0.15) is 5.26 Å². The molecule has 2 rings (SSSR count). The Morgan fingerprint density at radius 1 is 1.29 bits per heavy atom. The van der Waals surface area contributed by atoms with Crippen molar-refractivity contribution in [1.29, 1.82) is 5.26 Å². The SMILES string of the molecule is CC(=O)c1cn(C(C)=O)c2cc(C#N)ccc12. The van der Waals surface area contributed by atoms with Crippen LogP contribution in [0, 0.1) is 11.3 Å². The van der Waals surface area contributed by atoms with Gasteiger partial charge in [0.2, 0.25) is 5.91 Å². The molecule has 1 heterocycles. The number of carbonyl (C=O) groups excluding carboxylic acids is 2. The van der Waals surface area contributed by atoms with Gasteiger partial charge in [0, 0.05) is 24.1 Å². The third-order valence-electron chi connectivity index (χ3n) is 2.65. The molecule has 2 aromatic rings. The number of ketones is 1. The highest BCUT2D eigenvalue weighted by Crippen LogP contribution is 2.23. The van der Waals surface area contributed by atoms with Crippen molar-refractivity contribution in [2.75, 3.05) is 0 Å². The number of Topliss-reactive ketones (excluding diaryl/α,β-unsaturated/α-hetero) is 1. The molecule has 0 radical (unpaired) electrons. The summed E-state index contributed by atoms with van der Waals surface area (Å²) in [6.45, 7) is 2.87. The Balaban J connectivity index is 2.87. The summed E-state index contributed by atoms with van der Waals surface area (Å²) in [6, 6.07) is 6.97. The highest BCUT2D eigenvalue weighted by Gasteiger charge is 2.14. The van der Waals surface area contributed by atoms with E-state index >= 15 is 0 Å². The lowest BCUT2D eigenvalue weighted by Crippen LogP contribution is -2.03. The molecule has 0 unspecified atom stereocenters. The van der Waals surface area contributed by atoms with Crippen molar-refractivity contribution >= 4 is 22.6 Å². The molecule has 0 spiro atoms. The molecule has 0 fully saturated rings. The Kier molecular flexibility index (Phi) is 2.52. The van der Waals surface area contributed by atoms with E-state index in [0.29, 0.717) is 22.0 Å². The minimum absolute atomic E-state index is 0.0975. The molecule has 0 bridgehead atoms. The van der Waals surface area contributed by atoms with Crippen LogP contribution in [0.15, 0.2) is 24.4 Å². The van der Waals surface area contributed by atoms with Crippen molar-refractivity contribution in [2.24, 2.45) is 0 Å². The number of nitriles is 1. The average Bonchev–Trinajstić information content (AvgIpc) is 2.67. The van der Waals surface area contributed by atoms with Crippen LogP contribution in [0.2, 0.25) is 0 Å². The van der Waals surface area contributed by atoms with Crippen molar-refractivity contribution in [3.8, 4) is 6.07 Å². The van der Waals surface area contributed by atoms with Gasteiger partial charge in [-0.1, -0.05) is 6.07 Å². The maximum atomic E-state index is 11.5. The van der Waals surface area contributed by atoms with Gasteiger partial charge in [-0.25, -0.2) is 0 Å². The number of rotatable bonds is 1. The third kappa shape index (κ3) is 1.72. The maximum absolute atomic E-state index is 11.5. The van der Waals surface area contributed by atoms with Crippen LogP contribution in [-0.4, -0.2) is 16.3 Å². The molecule has 0 aliphatic rings. The number of hydrogen-bond donors (Lipinski definition) is 0. The lowest BCUT2D eigenvalue weighted by atomic mass is 10.1. The maximum Gasteiger partial charge on any atom is 0.227 e. The molecule has 4 heteroatoms. The van der Waals surface area contributed by atoms with E-state index in [1.54, 1.807) is 18.2 Å². The Morgan fingerprint density at radius 2 is 2.00 bits per heavy atom. The molecule has 0 N–H and O–H groups in total. The molecule has 1 aromatic heterocycles. The first-order valence-corrected chi connectivity index (χ1v) is 5.11. The summed E-state index contributed by atoms with van der Waals surface area (Å²) in [7, 11) is 0. The van der Waals surface area contributed by atoms with E-state index in [1.807, 2.05) is 6.07 Å². The Labute approximate surface area is 98.1 Å². The summed E-state index contributed by atoms with van der Waals surface area (Å²) in [5.41, 5.74) is 1.56. The zero-order valence-electron chi connectivity index (χ0n) is 9.52. The summed E-state index contributed by atoms with van der Waals surface area (Å²) in [6.07, 6.45) is 1.52. The predicted octanol–water partition coefficient (Wildman–Crippen LogP) is 2.38. The van der Waals surface area contributed by atoms with E-state index in [9.17, 15) is 9.59 Å². The van der Waals surface area contributed by atoms with Gasteiger partial charge in [-0.15, -0.1) is 0 Å². The van der Waals surface area contributed by atoms with Crippen LogP contribution in [0.25, 0.3) is 10.9 Å². The molecule has 0 atom stereocenters. The number of hydrogen-bond acceptors (Lipinski definition) is 3. The Morgan fingerprint density at radius 3 is 2.53 bits per heavy atom. The van der Waals surface area contributed by atoms with Crippen LogP contribution >= 0.6 is 0 Å². The third-order valence-corrected chi connectivity index (χ3v) is 2.65. The molecule has 1 aromatic carbocycles. The van der Waals surface area contributed by atoms with E-state index in [0.717, 1.165) is 0 Å². The lowest BCUT2D eigenvalue weighted by molar-refractivity contribution is 0.0941. The fourth-order valence-electron chi connectivity index (χ4n) is 1.84. The van der Waals surface area contributed by atoms with Crippen LogP contribution in [0.1, 0.15) is 34.6 Å². The highest BCUT2D eigenvalue weighted by atomic mass is 16.1. The first kappa shape index (κ1) is 11.1. The monoisotopic (exact) mass is 226 g/mol. The predicted molar refractivity (Wildman–Crippen MR) is 63.0 cm³/mol. The Bertz CT molecular complexity index is 675. The quantitative estimate of drug-likeness (QED) is 0.701. The largest absolute Gasteiger partial charge is 0.294 e. The first-order valence-electron chi connectivity index (χ1n) is 5.11. The van der Waals surface area contributed by atoms with E-state index in [-0.39, 0.29) is 11.7 Å². The summed E-state index contributed by atoms with van der Waals surface area (Å²) in [5, 5.41) is 9.53. The van der Waals surface area contributed by atoms with Crippen molar-refractivity contribution < 1.29 is 9.59 Å². The van der Waals surface area contributed by atoms with Gasteiger partial charge in [0.25, 0.3) is 0 Å². The second-order valence-electron chi connectivity index (χ2n) is 3.83. The van der Waals surface area contributed by atoms with Gasteiger partial charge in [0.05, 0.1) is 17.1 Å². The van der Waals surface area contributed by atoms with Crippen molar-refractivity contribution in [3.63, 3.8) is 0 Å². The summed E-state index contributed by atoms with van der Waals surface area (Å²) in [4.78, 5) is 22.9. The summed E-state index contributed by atoms with van der Waals surface area (Å²) < 4.78 is 1.40. The van der Waals surface area contributed by atoms with Gasteiger partial charge in [0.1, 0.15) is 0 Å². The van der Waals surface area contributed by atoms with Gasteiger partial charge in [0.15, 0.2) is 5.78 Å². The van der Waals surface area contributed by atoms with Crippen LogP contribution in [0.5, 0.6) is 0 Å². The van der Waals surface area contributed by atoms with Gasteiger partial charge >= 0.3 is 0 Å². The Hall–Kier alpha value is -2.41. The molecular formula is C13H10N2O2. The molecule has 0 saturated carbocycles. The fourth-order valence-corrected chi connectivity index (χ4v) is 1.84. The summed E-state index contributed by atoms with van der Waals surface area (Å²) >= 11 is 0. The molecule has 84 valence electrons. The molecular weight excluding hydrogens is 216 g/mol. The van der Waals surface area contributed by atoms with Gasteiger partial charge < -0.3 is 0 Å². The highest BCUT2D eigenvalue weighted by molar-refractivity contribution is 6.09. The standard InChI is InChI=1S/C13H10N2O2/c1-8(16)12-7-15(9(2)17)13-5-10(6-14)3-4-11(12)13/h3-5,7H,1-2H3. The van der Waals surface area contributed by atoms with Crippen molar-refractivity contribution in [3.05, 3.63) is 35.5 Å². The van der Waals surface area contributed by atoms with E-state index in [4.69, 9.17) is 5.26 Å². The molecule has 0 aliphatic heterocycles. The van der Waals surface area contributed by atoms with E-state index < -0.39 is 0 Å². The van der Waals surface area contributed by atoms with Crippen LogP contribution in [0.4, 0.5) is 0 Å². The first-order chi connectivity index (χ1) is 8.04. The van der Waals surface area contributed by atoms with Crippen LogP contribution in [0.3, 0.4) is 0 Å². The fraction of sp³-hybridized carbons (Fsp3) is 0.154. The van der Waals surface area contributed by atoms with Crippen molar-refractivity contribution in [1.82, 2.24) is 4.57 Å². The zero-order valence-corrected chi connectivity index (χ0v) is 9.52. The second-order valence-corrected chi connectivity index (χ2v) is 3.83. The molecule has 0 saturated heterocycles. The van der Waals surface area contributed by atoms with E-state index in [1.165, 1.54) is 24.6 Å². The number of fused-ring (bicyclic) bond motifs is 1. The minimum atomic E-state index is -0.183. The van der Waals surface area contributed by atoms with Crippen LogP contribution in [-0.2, 0) is 0 Å². The van der Waals surface area contributed by atoms with Crippen molar-refractivity contribution in [2.45, 2.75) is 13.8 Å². The topological polar surface area (TPSA) is 62.9 Å². The van der Waals surface area contributed by atoms with E-state index in [2.05, 4.69) is 0 Å². The number of carbonyl (C=O) groups is 2. The normalized spacial score (nSPS) is 10.2.